The molecule has 25 heavy (non-hydrogen) atoms. The number of rotatable bonds is 6. The van der Waals surface area contributed by atoms with Gasteiger partial charge in [-0.1, -0.05) is 23.7 Å². The number of carbonyl (C=O) groups is 1. The Bertz CT molecular complexity index is 735. The molecule has 3 atom stereocenters. The molecule has 0 unspecified atom stereocenters. The maximum absolute atomic E-state index is 11.9. The smallest absolute Gasteiger partial charge is 0.312 e. The van der Waals surface area contributed by atoms with Gasteiger partial charge in [0, 0.05) is 5.02 Å². The summed E-state index contributed by atoms with van der Waals surface area (Å²) in [4.78, 5) is 15.8. The van der Waals surface area contributed by atoms with Gasteiger partial charge in [-0.2, -0.15) is 5.10 Å². The summed E-state index contributed by atoms with van der Waals surface area (Å²) in [5.74, 6) is -1.10. The molecule has 0 bridgehead atoms. The minimum atomic E-state index is -1.38. The molecule has 0 spiro atoms. The lowest BCUT2D eigenvalue weighted by Crippen LogP contribution is -2.54. The van der Waals surface area contributed by atoms with Crippen molar-refractivity contribution >= 4 is 17.6 Å². The fourth-order valence-electron chi connectivity index (χ4n) is 3.90. The van der Waals surface area contributed by atoms with Crippen molar-refractivity contribution in [1.29, 1.82) is 0 Å². The summed E-state index contributed by atoms with van der Waals surface area (Å²) in [6, 6.07) is 7.61. The fourth-order valence-corrected chi connectivity index (χ4v) is 4.03. The zero-order valence-corrected chi connectivity index (χ0v) is 14.9. The highest BCUT2D eigenvalue weighted by Crippen LogP contribution is 2.52. The molecule has 1 heterocycles. The third-order valence-electron chi connectivity index (χ3n) is 5.66. The van der Waals surface area contributed by atoms with Crippen molar-refractivity contribution in [2.45, 2.75) is 44.8 Å². The van der Waals surface area contributed by atoms with Gasteiger partial charge in [0.1, 0.15) is 18.3 Å². The van der Waals surface area contributed by atoms with Crippen LogP contribution in [0.1, 0.15) is 31.7 Å². The minimum absolute atomic E-state index is 0.126. The highest BCUT2D eigenvalue weighted by atomic mass is 35.5. The third kappa shape index (κ3) is 3.28. The van der Waals surface area contributed by atoms with E-state index in [1.165, 1.54) is 17.3 Å². The van der Waals surface area contributed by atoms with Crippen LogP contribution in [-0.4, -0.2) is 36.5 Å². The number of aryl methyl sites for hydroxylation is 1. The second-order valence-corrected chi connectivity index (χ2v) is 7.49. The maximum Gasteiger partial charge on any atom is 0.312 e. The molecule has 0 saturated heterocycles. The second-order valence-electron chi connectivity index (χ2n) is 7.06. The van der Waals surface area contributed by atoms with E-state index in [1.54, 1.807) is 6.92 Å². The lowest BCUT2D eigenvalue weighted by molar-refractivity contribution is -0.169. The van der Waals surface area contributed by atoms with Crippen LogP contribution in [0, 0.1) is 11.3 Å². The average molecular weight is 364 g/mol. The molecule has 3 rings (SSSR count). The van der Waals surface area contributed by atoms with Gasteiger partial charge in [-0.25, -0.2) is 4.98 Å². The van der Waals surface area contributed by atoms with Crippen molar-refractivity contribution < 1.29 is 15.0 Å². The van der Waals surface area contributed by atoms with Crippen molar-refractivity contribution in [3.05, 3.63) is 47.5 Å². The fraction of sp³-hybridized carbons (Fsp3) is 0.500. The van der Waals surface area contributed by atoms with Crippen LogP contribution in [0.5, 0.6) is 0 Å². The topological polar surface area (TPSA) is 88.2 Å². The first-order valence-corrected chi connectivity index (χ1v) is 8.75. The molecule has 0 amide bonds. The zero-order chi connectivity index (χ0) is 18.1. The van der Waals surface area contributed by atoms with E-state index in [1.807, 2.05) is 24.3 Å². The molecular formula is C18H22ClN3O3. The number of carboxylic acids is 1. The van der Waals surface area contributed by atoms with Gasteiger partial charge in [-0.3, -0.25) is 9.48 Å². The Balaban J connectivity index is 1.81. The summed E-state index contributed by atoms with van der Waals surface area (Å²) >= 11 is 5.92. The zero-order valence-electron chi connectivity index (χ0n) is 14.1. The summed E-state index contributed by atoms with van der Waals surface area (Å²) in [7, 11) is 0. The van der Waals surface area contributed by atoms with Crippen LogP contribution in [0.2, 0.25) is 5.02 Å². The number of aliphatic hydroxyl groups is 1. The van der Waals surface area contributed by atoms with E-state index in [0.29, 0.717) is 24.3 Å². The van der Waals surface area contributed by atoms with Gasteiger partial charge < -0.3 is 10.2 Å². The average Bonchev–Trinajstić information content (AvgIpc) is 3.16. The van der Waals surface area contributed by atoms with Gasteiger partial charge in [-0.05, 0) is 56.2 Å². The molecule has 1 aromatic heterocycles. The van der Waals surface area contributed by atoms with E-state index in [-0.39, 0.29) is 12.5 Å². The molecule has 0 radical (unpaired) electrons. The van der Waals surface area contributed by atoms with Gasteiger partial charge in [0.15, 0.2) is 0 Å². The summed E-state index contributed by atoms with van der Waals surface area (Å²) in [5.41, 5.74) is -1.46. The molecule has 1 saturated carbocycles. The molecule has 7 heteroatoms. The van der Waals surface area contributed by atoms with Crippen LogP contribution in [-0.2, 0) is 17.8 Å². The van der Waals surface area contributed by atoms with Crippen molar-refractivity contribution in [3.8, 4) is 0 Å². The Hall–Kier alpha value is -1.92. The monoisotopic (exact) mass is 363 g/mol. The SMILES string of the molecule is C[C@@]1(C(=O)O)CC[C@H](CCc2ccc(Cl)cc2)[C@]1(O)Cn1cncn1. The Morgan fingerprint density at radius 1 is 1.40 bits per heavy atom. The Morgan fingerprint density at radius 2 is 2.12 bits per heavy atom. The largest absolute Gasteiger partial charge is 0.481 e. The number of aliphatic carboxylic acids is 1. The highest BCUT2D eigenvalue weighted by Gasteiger charge is 2.61. The van der Waals surface area contributed by atoms with Crippen LogP contribution in [0.15, 0.2) is 36.9 Å². The number of hydrogen-bond acceptors (Lipinski definition) is 4. The normalized spacial score (nSPS) is 29.0. The summed E-state index contributed by atoms with van der Waals surface area (Å²) in [6.45, 7) is 1.76. The lowest BCUT2D eigenvalue weighted by atomic mass is 9.71. The van der Waals surface area contributed by atoms with E-state index in [4.69, 9.17) is 11.6 Å². The van der Waals surface area contributed by atoms with Crippen molar-refractivity contribution in [2.24, 2.45) is 11.3 Å². The predicted octanol–water partition coefficient (Wildman–Crippen LogP) is 2.80. The molecule has 1 fully saturated rings. The van der Waals surface area contributed by atoms with Gasteiger partial charge in [0.25, 0.3) is 0 Å². The second kappa shape index (κ2) is 6.77. The van der Waals surface area contributed by atoms with E-state index in [2.05, 4.69) is 10.1 Å². The number of aromatic nitrogens is 3. The highest BCUT2D eigenvalue weighted by molar-refractivity contribution is 6.30. The van der Waals surface area contributed by atoms with Crippen LogP contribution < -0.4 is 0 Å². The molecule has 6 nitrogen and oxygen atoms in total. The van der Waals surface area contributed by atoms with Gasteiger partial charge in [0.05, 0.1) is 12.0 Å². The van der Waals surface area contributed by atoms with Crippen molar-refractivity contribution in [2.75, 3.05) is 0 Å². The van der Waals surface area contributed by atoms with E-state index >= 15 is 0 Å². The lowest BCUT2D eigenvalue weighted by Gasteiger charge is -2.40. The maximum atomic E-state index is 11.9. The standard InChI is InChI=1S/C18H22ClN3O3/c1-17(16(23)24)9-8-14(5-2-13-3-6-15(19)7-4-13)18(17,25)10-22-12-20-11-21-22/h3-4,6-7,11-12,14,25H,2,5,8-10H2,1H3,(H,23,24)/t14-,17-,18+/m0/s1. The van der Waals surface area contributed by atoms with Crippen LogP contribution in [0.4, 0.5) is 0 Å². The number of nitrogens with zero attached hydrogens (tertiary/aromatic N) is 3. The molecule has 2 N–H and O–H groups in total. The summed E-state index contributed by atoms with van der Waals surface area (Å²) in [5, 5.41) is 25.9. The van der Waals surface area contributed by atoms with Gasteiger partial charge >= 0.3 is 5.97 Å². The van der Waals surface area contributed by atoms with E-state index < -0.39 is 17.0 Å². The summed E-state index contributed by atoms with van der Waals surface area (Å²) in [6.07, 6.45) is 5.47. The number of carboxylic acid groups (broad SMARTS) is 1. The van der Waals surface area contributed by atoms with Crippen molar-refractivity contribution in [1.82, 2.24) is 14.8 Å². The van der Waals surface area contributed by atoms with Crippen LogP contribution in [0.25, 0.3) is 0 Å². The number of halogens is 1. The van der Waals surface area contributed by atoms with Crippen molar-refractivity contribution in [3.63, 3.8) is 0 Å². The molecule has 0 aliphatic heterocycles. The summed E-state index contributed by atoms with van der Waals surface area (Å²) < 4.78 is 1.52. The Labute approximate surface area is 151 Å². The van der Waals surface area contributed by atoms with Gasteiger partial charge in [0.2, 0.25) is 0 Å². The molecule has 1 aliphatic carbocycles. The first-order chi connectivity index (χ1) is 11.8. The number of benzene rings is 1. The molecule has 1 aliphatic rings. The molecule has 1 aromatic carbocycles. The minimum Gasteiger partial charge on any atom is -0.481 e. The van der Waals surface area contributed by atoms with E-state index in [9.17, 15) is 15.0 Å². The Morgan fingerprint density at radius 3 is 2.72 bits per heavy atom. The molecule has 2 aromatic rings. The Kier molecular flexibility index (Phi) is 4.84. The third-order valence-corrected chi connectivity index (χ3v) is 5.91. The van der Waals surface area contributed by atoms with Crippen LogP contribution in [0.3, 0.4) is 0 Å². The molecule has 134 valence electrons. The quantitative estimate of drug-likeness (QED) is 0.823. The van der Waals surface area contributed by atoms with Crippen LogP contribution >= 0.6 is 11.6 Å². The first-order valence-electron chi connectivity index (χ1n) is 8.38. The number of hydrogen-bond donors (Lipinski definition) is 2. The molecular weight excluding hydrogens is 342 g/mol. The first kappa shape index (κ1) is 17.9. The van der Waals surface area contributed by atoms with Gasteiger partial charge in [-0.15, -0.1) is 0 Å². The predicted molar refractivity (Wildman–Crippen MR) is 93.2 cm³/mol. The van der Waals surface area contributed by atoms with E-state index in [0.717, 1.165) is 12.0 Å².